The number of aromatic nitrogens is 2. The minimum absolute atomic E-state index is 0.0568. The van der Waals surface area contributed by atoms with E-state index in [2.05, 4.69) is 23.5 Å². The van der Waals surface area contributed by atoms with Crippen LogP contribution in [0.1, 0.15) is 34.5 Å². The van der Waals surface area contributed by atoms with Gasteiger partial charge in [-0.1, -0.05) is 91.0 Å². The Morgan fingerprint density at radius 2 is 1.55 bits per heavy atom. The third kappa shape index (κ3) is 4.90. The van der Waals surface area contributed by atoms with Gasteiger partial charge >= 0.3 is 0 Å². The molecule has 0 bridgehead atoms. The van der Waals surface area contributed by atoms with E-state index in [1.807, 2.05) is 78.9 Å². The van der Waals surface area contributed by atoms with E-state index in [-0.39, 0.29) is 5.91 Å². The zero-order chi connectivity index (χ0) is 22.5. The fourth-order valence-electron chi connectivity index (χ4n) is 4.14. The maximum absolute atomic E-state index is 12.8. The lowest BCUT2D eigenvalue weighted by atomic mass is 9.92. The molecule has 1 aliphatic rings. The number of aryl methyl sites for hydroxylation is 3. The Balaban J connectivity index is 1.45. The van der Waals surface area contributed by atoms with Crippen LogP contribution in [0.2, 0.25) is 0 Å². The normalized spacial score (nSPS) is 12.2. The van der Waals surface area contributed by atoms with Gasteiger partial charge in [-0.25, -0.2) is 9.97 Å². The van der Waals surface area contributed by atoms with Crippen molar-refractivity contribution in [2.45, 2.75) is 25.7 Å². The second kappa shape index (κ2) is 9.61. The van der Waals surface area contributed by atoms with E-state index in [1.165, 1.54) is 5.56 Å². The van der Waals surface area contributed by atoms with Crippen LogP contribution in [0, 0.1) is 0 Å². The molecule has 0 saturated heterocycles. The molecule has 0 atom stereocenters. The zero-order valence-corrected chi connectivity index (χ0v) is 18.4. The predicted octanol–water partition coefficient (Wildman–Crippen LogP) is 5.98. The molecule has 0 aliphatic heterocycles. The molecule has 162 valence electrons. The summed E-state index contributed by atoms with van der Waals surface area (Å²) in [4.78, 5) is 22.6. The molecule has 1 aromatic heterocycles. The number of fused-ring (bicyclic) bond motifs is 3. The van der Waals surface area contributed by atoms with Gasteiger partial charge in [0.25, 0.3) is 0 Å². The largest absolute Gasteiger partial charge is 0.309 e. The van der Waals surface area contributed by atoms with Crippen LogP contribution in [-0.4, -0.2) is 15.9 Å². The minimum atomic E-state index is -0.0568. The molecule has 4 nitrogen and oxygen atoms in total. The molecule has 5 rings (SSSR count). The molecule has 33 heavy (non-hydrogen) atoms. The highest BCUT2D eigenvalue weighted by atomic mass is 16.1. The number of benzene rings is 3. The van der Waals surface area contributed by atoms with E-state index in [0.717, 1.165) is 40.9 Å². The number of nitrogens with one attached hydrogen (secondary N) is 1. The first kappa shape index (κ1) is 20.8. The van der Waals surface area contributed by atoms with Crippen LogP contribution in [0.4, 0.5) is 5.82 Å². The second-order valence-corrected chi connectivity index (χ2v) is 8.19. The van der Waals surface area contributed by atoms with Crippen molar-refractivity contribution in [3.63, 3.8) is 0 Å². The van der Waals surface area contributed by atoms with Crippen LogP contribution in [0.3, 0.4) is 0 Å². The summed E-state index contributed by atoms with van der Waals surface area (Å²) < 4.78 is 0. The van der Waals surface area contributed by atoms with E-state index in [0.29, 0.717) is 24.4 Å². The molecule has 0 fully saturated rings. The van der Waals surface area contributed by atoms with Crippen molar-refractivity contribution in [3.05, 3.63) is 113 Å². The topological polar surface area (TPSA) is 54.9 Å². The SMILES string of the molecule is O=C(CCc1ccccc1)Nc1nc2c(nc1/C=C/c1ccccc1)-c1ccccc1CC2. The molecule has 4 heteroatoms. The zero-order valence-electron chi connectivity index (χ0n) is 18.4. The fourth-order valence-corrected chi connectivity index (χ4v) is 4.14. The van der Waals surface area contributed by atoms with Gasteiger partial charge in [0.2, 0.25) is 5.91 Å². The predicted molar refractivity (Wildman–Crippen MR) is 134 cm³/mol. The second-order valence-electron chi connectivity index (χ2n) is 8.19. The van der Waals surface area contributed by atoms with Crippen molar-refractivity contribution in [3.8, 4) is 11.3 Å². The van der Waals surface area contributed by atoms with Gasteiger partial charge in [-0.2, -0.15) is 0 Å². The quantitative estimate of drug-likeness (QED) is 0.408. The Labute approximate surface area is 194 Å². The van der Waals surface area contributed by atoms with Crippen LogP contribution in [0.5, 0.6) is 0 Å². The Bertz CT molecular complexity index is 1300. The van der Waals surface area contributed by atoms with Gasteiger partial charge in [0.1, 0.15) is 5.69 Å². The number of anilines is 1. The van der Waals surface area contributed by atoms with Crippen molar-refractivity contribution in [1.82, 2.24) is 9.97 Å². The molecule has 3 aromatic carbocycles. The highest BCUT2D eigenvalue weighted by Gasteiger charge is 2.21. The van der Waals surface area contributed by atoms with E-state index < -0.39 is 0 Å². The summed E-state index contributed by atoms with van der Waals surface area (Å²) in [5, 5.41) is 3.03. The summed E-state index contributed by atoms with van der Waals surface area (Å²) in [6.45, 7) is 0. The number of hydrogen-bond donors (Lipinski definition) is 1. The summed E-state index contributed by atoms with van der Waals surface area (Å²) in [5.74, 6) is 0.469. The number of rotatable bonds is 6. The van der Waals surface area contributed by atoms with Crippen molar-refractivity contribution in [1.29, 1.82) is 0 Å². The van der Waals surface area contributed by atoms with Crippen molar-refractivity contribution < 1.29 is 4.79 Å². The van der Waals surface area contributed by atoms with Crippen molar-refractivity contribution in [2.24, 2.45) is 0 Å². The molecule has 1 aliphatic carbocycles. The average Bonchev–Trinajstić information content (AvgIpc) is 2.87. The van der Waals surface area contributed by atoms with E-state index >= 15 is 0 Å². The lowest BCUT2D eigenvalue weighted by Gasteiger charge is -2.20. The van der Waals surface area contributed by atoms with Gasteiger partial charge in [-0.15, -0.1) is 0 Å². The summed E-state index contributed by atoms with van der Waals surface area (Å²) in [6, 6.07) is 28.5. The number of amides is 1. The summed E-state index contributed by atoms with van der Waals surface area (Å²) in [7, 11) is 0. The fraction of sp³-hybridized carbons (Fsp3) is 0.138. The molecular formula is C29H25N3O. The number of carbonyl (C=O) groups excluding carboxylic acids is 1. The molecule has 1 amide bonds. The van der Waals surface area contributed by atoms with Gasteiger partial charge in [0.15, 0.2) is 5.82 Å². The standard InChI is InChI=1S/C29H25N3O/c33-27(20-16-22-11-5-2-6-12-22)32-29-26(18-15-21-9-3-1-4-10-21)30-28-24-14-8-7-13-23(24)17-19-25(28)31-29/h1-15,18H,16-17,19-20H2,(H,31,32,33)/b18-15+. The molecule has 1 N–H and O–H groups in total. The third-order valence-corrected chi connectivity index (χ3v) is 5.87. The Morgan fingerprint density at radius 1 is 0.818 bits per heavy atom. The van der Waals surface area contributed by atoms with Crippen LogP contribution in [0.15, 0.2) is 84.9 Å². The van der Waals surface area contributed by atoms with E-state index in [1.54, 1.807) is 0 Å². The van der Waals surface area contributed by atoms with Crippen LogP contribution >= 0.6 is 0 Å². The first-order valence-electron chi connectivity index (χ1n) is 11.3. The summed E-state index contributed by atoms with van der Waals surface area (Å²) >= 11 is 0. The van der Waals surface area contributed by atoms with Crippen LogP contribution < -0.4 is 5.32 Å². The van der Waals surface area contributed by atoms with E-state index in [4.69, 9.17) is 9.97 Å². The maximum Gasteiger partial charge on any atom is 0.225 e. The van der Waals surface area contributed by atoms with Crippen LogP contribution in [-0.2, 0) is 24.1 Å². The smallest absolute Gasteiger partial charge is 0.225 e. The minimum Gasteiger partial charge on any atom is -0.309 e. The lowest BCUT2D eigenvalue weighted by molar-refractivity contribution is -0.116. The summed E-state index contributed by atoms with van der Waals surface area (Å²) in [5.41, 5.74) is 7.14. The Kier molecular flexibility index (Phi) is 6.07. The first-order valence-corrected chi connectivity index (χ1v) is 11.3. The molecular weight excluding hydrogens is 406 g/mol. The average molecular weight is 432 g/mol. The highest BCUT2D eigenvalue weighted by Crippen LogP contribution is 2.33. The molecule has 0 radical (unpaired) electrons. The Hall–Kier alpha value is -4.05. The molecule has 0 spiro atoms. The van der Waals surface area contributed by atoms with E-state index in [9.17, 15) is 4.79 Å². The van der Waals surface area contributed by atoms with Gasteiger partial charge in [0, 0.05) is 12.0 Å². The van der Waals surface area contributed by atoms with Gasteiger partial charge in [-0.05, 0) is 42.0 Å². The number of hydrogen-bond acceptors (Lipinski definition) is 3. The Morgan fingerprint density at radius 3 is 2.36 bits per heavy atom. The van der Waals surface area contributed by atoms with Gasteiger partial charge < -0.3 is 5.32 Å². The van der Waals surface area contributed by atoms with Crippen LogP contribution in [0.25, 0.3) is 23.4 Å². The molecule has 4 aromatic rings. The highest BCUT2D eigenvalue weighted by molar-refractivity contribution is 5.92. The molecule has 0 unspecified atom stereocenters. The maximum atomic E-state index is 12.8. The van der Waals surface area contributed by atoms with Crippen molar-refractivity contribution in [2.75, 3.05) is 5.32 Å². The summed E-state index contributed by atoms with van der Waals surface area (Å²) in [6.07, 6.45) is 6.77. The number of nitrogens with zero attached hydrogens (tertiary/aromatic N) is 2. The van der Waals surface area contributed by atoms with Crippen molar-refractivity contribution >= 4 is 23.9 Å². The van der Waals surface area contributed by atoms with Gasteiger partial charge in [0.05, 0.1) is 11.4 Å². The lowest BCUT2D eigenvalue weighted by Crippen LogP contribution is -2.17. The van der Waals surface area contributed by atoms with Gasteiger partial charge in [-0.3, -0.25) is 4.79 Å². The molecule has 1 heterocycles. The monoisotopic (exact) mass is 431 g/mol. The first-order chi connectivity index (χ1) is 16.3. The number of carbonyl (C=O) groups is 1. The third-order valence-electron chi connectivity index (χ3n) is 5.87. The molecule has 0 saturated carbocycles.